The number of methoxy groups -OCH3 is 1. The number of hydrogen-bond acceptors (Lipinski definition) is 12. The molecule has 0 radical (unpaired) electrons. The van der Waals surface area contributed by atoms with Crippen LogP contribution in [-0.4, -0.2) is 90.3 Å². The molecular formula is C43H52N6O10S. The molecule has 2 aromatic carbocycles. The smallest absolute Gasteiger partial charge is 0.408 e. The Bertz CT molecular complexity index is 2420. The van der Waals surface area contributed by atoms with Crippen molar-refractivity contribution in [3.05, 3.63) is 78.7 Å². The molecule has 3 heterocycles. The molecule has 16 nitrogen and oxygen atoms in total. The number of aromatic nitrogens is 2. The fourth-order valence-corrected chi connectivity index (χ4v) is 8.78. The Balaban J connectivity index is 1.35. The Kier molecular flexibility index (Phi) is 11.8. The molecule has 3 N–H and O–H groups in total. The number of benzene rings is 2. The van der Waals surface area contributed by atoms with Gasteiger partial charge in [0.2, 0.25) is 11.8 Å². The number of aryl methyl sites for hydroxylation is 2. The van der Waals surface area contributed by atoms with Crippen molar-refractivity contribution < 1.29 is 46.3 Å². The average molecular weight is 845 g/mol. The SMILES string of the molecule is C=C[C@@H]1C[C@]1(NC(=O)[C@@H]1C[C@@H](Oc2cc(-c3ccccc3)nc3cc(OC)ccc23)CN1C(=O)[C@@H](NC(=O)OC(C)(C)C)C(C)(C)C)C(=O)NS(=O)(=O)c1c(C)noc1C. The number of ether oxygens (including phenoxy) is 3. The highest BCUT2D eigenvalue weighted by molar-refractivity contribution is 7.90. The van der Waals surface area contributed by atoms with Crippen LogP contribution in [0.2, 0.25) is 0 Å². The van der Waals surface area contributed by atoms with Crippen LogP contribution in [-0.2, 0) is 29.1 Å². The minimum Gasteiger partial charge on any atom is -0.497 e. The normalized spacial score (nSPS) is 20.8. The third kappa shape index (κ3) is 9.10. The molecule has 0 spiro atoms. The minimum atomic E-state index is -4.46. The number of rotatable bonds is 12. The summed E-state index contributed by atoms with van der Waals surface area (Å²) in [4.78, 5) is 62.3. The van der Waals surface area contributed by atoms with Crippen LogP contribution in [0, 0.1) is 25.2 Å². The van der Waals surface area contributed by atoms with E-state index in [2.05, 4.69) is 27.1 Å². The van der Waals surface area contributed by atoms with Gasteiger partial charge in [-0.1, -0.05) is 62.3 Å². The Hall–Kier alpha value is -5.97. The zero-order chi connectivity index (χ0) is 43.9. The van der Waals surface area contributed by atoms with Crippen LogP contribution in [0.4, 0.5) is 4.79 Å². The lowest BCUT2D eigenvalue weighted by Crippen LogP contribution is -2.60. The molecule has 0 bridgehead atoms. The van der Waals surface area contributed by atoms with E-state index in [1.54, 1.807) is 66.9 Å². The van der Waals surface area contributed by atoms with Gasteiger partial charge in [-0.25, -0.2) is 22.9 Å². The Morgan fingerprint density at radius 1 is 1.03 bits per heavy atom. The van der Waals surface area contributed by atoms with Crippen molar-refractivity contribution >= 4 is 44.7 Å². The topological polar surface area (TPSA) is 208 Å². The van der Waals surface area contributed by atoms with Gasteiger partial charge in [0, 0.05) is 35.4 Å². The quantitative estimate of drug-likeness (QED) is 0.154. The molecule has 2 aliphatic rings. The molecule has 1 aliphatic carbocycles. The number of likely N-dealkylation sites (tertiary alicyclic amines) is 1. The predicted molar refractivity (Wildman–Crippen MR) is 221 cm³/mol. The van der Waals surface area contributed by atoms with Crippen molar-refractivity contribution in [1.29, 1.82) is 0 Å². The molecule has 1 saturated heterocycles. The second kappa shape index (κ2) is 16.2. The van der Waals surface area contributed by atoms with Gasteiger partial charge >= 0.3 is 6.09 Å². The van der Waals surface area contributed by atoms with E-state index in [0.717, 1.165) is 5.56 Å². The number of fused-ring (bicyclic) bond motifs is 1. The highest BCUT2D eigenvalue weighted by atomic mass is 32.2. The monoisotopic (exact) mass is 844 g/mol. The Morgan fingerprint density at radius 3 is 2.32 bits per heavy atom. The molecule has 4 amide bonds. The second-order valence-electron chi connectivity index (χ2n) is 17.3. The number of nitrogens with one attached hydrogen (secondary N) is 3. The summed E-state index contributed by atoms with van der Waals surface area (Å²) in [7, 11) is -2.91. The van der Waals surface area contributed by atoms with Crippen molar-refractivity contribution in [3.8, 4) is 22.8 Å². The summed E-state index contributed by atoms with van der Waals surface area (Å²) in [6.07, 6.45) is -0.124. The van der Waals surface area contributed by atoms with Crippen molar-refractivity contribution in [3.63, 3.8) is 0 Å². The number of nitrogens with zero attached hydrogens (tertiary/aromatic N) is 3. The first-order valence-electron chi connectivity index (χ1n) is 19.5. The van der Waals surface area contributed by atoms with Crippen LogP contribution in [0.25, 0.3) is 22.2 Å². The first-order valence-corrected chi connectivity index (χ1v) is 21.0. The van der Waals surface area contributed by atoms with Gasteiger partial charge in [-0.05, 0) is 58.6 Å². The van der Waals surface area contributed by atoms with Gasteiger partial charge in [-0.15, -0.1) is 6.58 Å². The molecule has 6 rings (SSSR count). The van der Waals surface area contributed by atoms with Gasteiger partial charge < -0.3 is 34.3 Å². The van der Waals surface area contributed by atoms with Crippen LogP contribution in [0.5, 0.6) is 11.5 Å². The predicted octanol–water partition coefficient (Wildman–Crippen LogP) is 5.37. The Morgan fingerprint density at radius 2 is 1.73 bits per heavy atom. The molecule has 320 valence electrons. The molecule has 60 heavy (non-hydrogen) atoms. The summed E-state index contributed by atoms with van der Waals surface area (Å²) >= 11 is 0. The molecular weight excluding hydrogens is 793 g/mol. The van der Waals surface area contributed by atoms with Crippen molar-refractivity contribution in [2.45, 2.75) is 102 Å². The number of hydrogen-bond donors (Lipinski definition) is 3. The fourth-order valence-electron chi connectivity index (χ4n) is 7.41. The lowest BCUT2D eigenvalue weighted by Gasteiger charge is -2.36. The third-order valence-electron chi connectivity index (χ3n) is 10.5. The molecule has 5 atom stereocenters. The van der Waals surface area contributed by atoms with Gasteiger partial charge in [-0.2, -0.15) is 0 Å². The summed E-state index contributed by atoms with van der Waals surface area (Å²) in [5, 5.41) is 9.85. The molecule has 0 unspecified atom stereocenters. The highest BCUT2D eigenvalue weighted by Crippen LogP contribution is 2.45. The number of alkyl carbamates (subject to hydrolysis) is 1. The van der Waals surface area contributed by atoms with E-state index in [0.29, 0.717) is 28.1 Å². The number of carbonyl (C=O) groups is 4. The molecule has 1 aliphatic heterocycles. The maximum atomic E-state index is 14.8. The van der Waals surface area contributed by atoms with Gasteiger partial charge in [0.15, 0.2) is 10.7 Å². The van der Waals surface area contributed by atoms with Gasteiger partial charge in [0.1, 0.15) is 46.5 Å². The summed E-state index contributed by atoms with van der Waals surface area (Å²) in [5.74, 6) is -1.94. The third-order valence-corrected chi connectivity index (χ3v) is 12.1. The van der Waals surface area contributed by atoms with Crippen LogP contribution in [0.3, 0.4) is 0 Å². The zero-order valence-electron chi connectivity index (χ0n) is 35.2. The summed E-state index contributed by atoms with van der Waals surface area (Å²) in [6.45, 7) is 16.9. The van der Waals surface area contributed by atoms with Crippen LogP contribution in [0.15, 0.2) is 76.7 Å². The van der Waals surface area contributed by atoms with E-state index in [9.17, 15) is 27.6 Å². The standard InChI is InChI=1S/C43H52N6O10S/c1-11-27-22-43(27,39(52)48-60(54,55)35-24(2)47-59-25(35)3)46-37(50)33-20-29(23-49(33)38(51)36(41(4,5)6)45-40(53)58-42(7,8)9)57-34-21-31(26-15-13-12-14-16-26)44-32-19-28(56-10)17-18-30(32)34/h11-19,21,27,29,33,36H,1,20,22-23H2,2-10H3,(H,45,53)(H,46,50)(H,48,52)/t27-,29-,33+,36-,43-/m1/s1. The maximum absolute atomic E-state index is 14.8. The lowest BCUT2D eigenvalue weighted by molar-refractivity contribution is -0.143. The largest absolute Gasteiger partial charge is 0.497 e. The van der Waals surface area contributed by atoms with Crippen molar-refractivity contribution in [2.24, 2.45) is 11.3 Å². The van der Waals surface area contributed by atoms with Crippen molar-refractivity contribution in [1.82, 2.24) is 30.4 Å². The van der Waals surface area contributed by atoms with E-state index in [1.165, 1.54) is 24.8 Å². The second-order valence-corrected chi connectivity index (χ2v) is 18.9. The summed E-state index contributed by atoms with van der Waals surface area (Å²) < 4.78 is 51.6. The van der Waals surface area contributed by atoms with Gasteiger partial charge in [-0.3, -0.25) is 14.4 Å². The lowest BCUT2D eigenvalue weighted by atomic mass is 9.85. The molecule has 2 fully saturated rings. The van der Waals surface area contributed by atoms with Crippen molar-refractivity contribution in [2.75, 3.05) is 13.7 Å². The van der Waals surface area contributed by atoms with E-state index in [4.69, 9.17) is 23.7 Å². The number of sulfonamides is 1. The molecule has 17 heteroatoms. The summed E-state index contributed by atoms with van der Waals surface area (Å²) in [5.41, 5.74) is -1.35. The minimum absolute atomic E-state index is 0.0153. The average Bonchev–Trinajstić information content (AvgIpc) is 3.53. The zero-order valence-corrected chi connectivity index (χ0v) is 36.1. The van der Waals surface area contributed by atoms with E-state index in [-0.39, 0.29) is 35.7 Å². The van der Waals surface area contributed by atoms with Crippen LogP contribution in [0.1, 0.15) is 65.8 Å². The maximum Gasteiger partial charge on any atom is 0.408 e. The van der Waals surface area contributed by atoms with E-state index >= 15 is 0 Å². The van der Waals surface area contributed by atoms with Gasteiger partial charge in [0.25, 0.3) is 15.9 Å². The van der Waals surface area contributed by atoms with Crippen LogP contribution >= 0.6 is 0 Å². The van der Waals surface area contributed by atoms with Crippen LogP contribution < -0.4 is 24.8 Å². The first-order chi connectivity index (χ1) is 28.1. The number of amides is 4. The van der Waals surface area contributed by atoms with Gasteiger partial charge in [0.05, 0.1) is 24.9 Å². The number of pyridine rings is 1. The Labute approximate surface area is 349 Å². The first kappa shape index (κ1) is 43.6. The molecule has 1 saturated carbocycles. The van der Waals surface area contributed by atoms with E-state index < -0.39 is 74.5 Å². The highest BCUT2D eigenvalue weighted by Gasteiger charge is 2.62. The molecule has 2 aromatic heterocycles. The molecule has 4 aromatic rings. The fraction of sp³-hybridized carbons (Fsp3) is 0.442. The summed E-state index contributed by atoms with van der Waals surface area (Å²) in [6, 6.07) is 14.3. The van der Waals surface area contributed by atoms with E-state index in [1.807, 2.05) is 36.4 Å². The number of carbonyl (C=O) groups excluding carboxylic acids is 4.